The predicted molar refractivity (Wildman–Crippen MR) is 55.2 cm³/mol. The zero-order valence-electron chi connectivity index (χ0n) is 8.20. The highest BCUT2D eigenvalue weighted by Crippen LogP contribution is 2.21. The minimum absolute atomic E-state index is 0.0708. The molecule has 0 aliphatic rings. The first kappa shape index (κ1) is 8.81. The molecule has 2 rings (SSSR count). The van der Waals surface area contributed by atoms with Gasteiger partial charge in [-0.15, -0.1) is 0 Å². The molecule has 2 N–H and O–H groups in total. The molecule has 0 fully saturated rings. The van der Waals surface area contributed by atoms with E-state index in [0.717, 1.165) is 5.56 Å². The lowest BCUT2D eigenvalue weighted by atomic mass is 10.1. The Morgan fingerprint density at radius 3 is 2.64 bits per heavy atom. The van der Waals surface area contributed by atoms with Gasteiger partial charge in [-0.1, -0.05) is 23.8 Å². The number of aromatic amines is 1. The lowest BCUT2D eigenvalue weighted by Gasteiger charge is -1.97. The van der Waals surface area contributed by atoms with E-state index in [1.807, 2.05) is 31.2 Å². The summed E-state index contributed by atoms with van der Waals surface area (Å²) < 4.78 is 0. The van der Waals surface area contributed by atoms with Crippen LogP contribution in [0.25, 0.3) is 11.4 Å². The average Bonchev–Trinajstić information content (AvgIpc) is 2.47. The minimum Gasteiger partial charge on any atom is -0.492 e. The molecule has 72 valence electrons. The molecule has 1 aromatic heterocycles. The van der Waals surface area contributed by atoms with Crippen LogP contribution in [0.4, 0.5) is 0 Å². The Balaban J connectivity index is 2.49. The third-order valence-corrected chi connectivity index (χ3v) is 2.15. The van der Waals surface area contributed by atoms with Crippen LogP contribution in [0.2, 0.25) is 0 Å². The van der Waals surface area contributed by atoms with Crippen LogP contribution in [-0.2, 0) is 0 Å². The fourth-order valence-electron chi connectivity index (χ4n) is 1.38. The molecule has 3 nitrogen and oxygen atoms in total. The van der Waals surface area contributed by atoms with Crippen molar-refractivity contribution in [1.82, 2.24) is 9.97 Å². The van der Waals surface area contributed by atoms with Gasteiger partial charge in [-0.2, -0.15) is 4.98 Å². The Morgan fingerprint density at radius 1 is 1.29 bits per heavy atom. The smallest absolute Gasteiger partial charge is 0.232 e. The fourth-order valence-corrected chi connectivity index (χ4v) is 1.38. The van der Waals surface area contributed by atoms with Crippen molar-refractivity contribution < 1.29 is 5.11 Å². The second kappa shape index (κ2) is 3.18. The van der Waals surface area contributed by atoms with Crippen LogP contribution < -0.4 is 0 Å². The number of aromatic hydroxyl groups is 1. The zero-order valence-corrected chi connectivity index (χ0v) is 8.20. The number of nitrogens with zero attached hydrogens (tertiary/aromatic N) is 1. The maximum absolute atomic E-state index is 9.33. The first-order chi connectivity index (χ1) is 6.66. The molecule has 0 atom stereocenters. The summed E-state index contributed by atoms with van der Waals surface area (Å²) in [7, 11) is 0. The van der Waals surface area contributed by atoms with Gasteiger partial charge in [-0.3, -0.25) is 0 Å². The normalized spacial score (nSPS) is 10.4. The predicted octanol–water partition coefficient (Wildman–Crippen LogP) is 2.40. The molecule has 0 aliphatic carbocycles. The lowest BCUT2D eigenvalue weighted by molar-refractivity contribution is 0.452. The van der Waals surface area contributed by atoms with Crippen LogP contribution >= 0.6 is 0 Å². The third-order valence-electron chi connectivity index (χ3n) is 2.15. The number of imidazole rings is 1. The number of hydrogen-bond donors (Lipinski definition) is 2. The molecule has 1 heterocycles. The van der Waals surface area contributed by atoms with Crippen molar-refractivity contribution >= 4 is 0 Å². The van der Waals surface area contributed by atoms with E-state index in [1.165, 1.54) is 5.56 Å². The van der Waals surface area contributed by atoms with E-state index in [-0.39, 0.29) is 5.88 Å². The van der Waals surface area contributed by atoms with Crippen molar-refractivity contribution in [2.45, 2.75) is 13.8 Å². The van der Waals surface area contributed by atoms with Crippen LogP contribution in [0.3, 0.4) is 0 Å². The van der Waals surface area contributed by atoms with E-state index in [2.05, 4.69) is 9.97 Å². The fraction of sp³-hybridized carbons (Fsp3) is 0.182. The van der Waals surface area contributed by atoms with Gasteiger partial charge in [-0.05, 0) is 19.9 Å². The summed E-state index contributed by atoms with van der Waals surface area (Å²) >= 11 is 0. The van der Waals surface area contributed by atoms with Gasteiger partial charge < -0.3 is 10.1 Å². The van der Waals surface area contributed by atoms with E-state index in [0.29, 0.717) is 11.5 Å². The standard InChI is InChI=1S/C11H12N2O/c1-7-4-3-5-9(6-7)10-12-8(2)11(14)13-10/h3-6,14H,1-2H3,(H,12,13). The molecule has 0 radical (unpaired) electrons. The van der Waals surface area contributed by atoms with Crippen LogP contribution in [0, 0.1) is 13.8 Å². The summed E-state index contributed by atoms with van der Waals surface area (Å²) in [5.41, 5.74) is 2.87. The van der Waals surface area contributed by atoms with Crippen molar-refractivity contribution in [3.8, 4) is 17.3 Å². The van der Waals surface area contributed by atoms with E-state index in [4.69, 9.17) is 0 Å². The first-order valence-electron chi connectivity index (χ1n) is 4.49. The van der Waals surface area contributed by atoms with Crippen LogP contribution in [0.15, 0.2) is 24.3 Å². The van der Waals surface area contributed by atoms with Gasteiger partial charge in [0.2, 0.25) is 5.88 Å². The number of H-pyrrole nitrogens is 1. The quantitative estimate of drug-likeness (QED) is 0.722. The van der Waals surface area contributed by atoms with Gasteiger partial charge >= 0.3 is 0 Å². The second-order valence-electron chi connectivity index (χ2n) is 3.40. The molecule has 1 aromatic carbocycles. The van der Waals surface area contributed by atoms with Gasteiger partial charge in [0.1, 0.15) is 5.82 Å². The number of nitrogens with one attached hydrogen (secondary N) is 1. The lowest BCUT2D eigenvalue weighted by Crippen LogP contribution is -1.81. The highest BCUT2D eigenvalue weighted by Gasteiger charge is 2.06. The third kappa shape index (κ3) is 1.48. The van der Waals surface area contributed by atoms with Crippen LogP contribution in [0.1, 0.15) is 11.3 Å². The molecule has 0 amide bonds. The summed E-state index contributed by atoms with van der Waals surface area (Å²) in [4.78, 5) is 7.05. The Kier molecular flexibility index (Phi) is 2.00. The molecule has 14 heavy (non-hydrogen) atoms. The maximum atomic E-state index is 9.33. The van der Waals surface area contributed by atoms with Crippen molar-refractivity contribution in [3.63, 3.8) is 0 Å². The molecule has 0 unspecified atom stereocenters. The number of hydrogen-bond acceptors (Lipinski definition) is 2. The van der Waals surface area contributed by atoms with Crippen molar-refractivity contribution in [3.05, 3.63) is 35.5 Å². The molecular formula is C11H12N2O. The van der Waals surface area contributed by atoms with E-state index >= 15 is 0 Å². The Bertz CT molecular complexity index is 441. The summed E-state index contributed by atoms with van der Waals surface area (Å²) in [6.07, 6.45) is 0. The molecule has 0 bridgehead atoms. The SMILES string of the molecule is Cc1cccc(-c2nc(O)c(C)[nH]2)c1. The number of benzene rings is 1. The minimum atomic E-state index is 0.0708. The Hall–Kier alpha value is -1.77. The molecule has 0 aliphatic heterocycles. The highest BCUT2D eigenvalue weighted by molar-refractivity contribution is 5.57. The number of aryl methyl sites for hydroxylation is 2. The van der Waals surface area contributed by atoms with E-state index in [1.54, 1.807) is 6.92 Å². The number of rotatable bonds is 1. The first-order valence-corrected chi connectivity index (χ1v) is 4.49. The summed E-state index contributed by atoms with van der Waals surface area (Å²) in [6, 6.07) is 7.99. The average molecular weight is 188 g/mol. The van der Waals surface area contributed by atoms with Gasteiger partial charge in [0.15, 0.2) is 0 Å². The largest absolute Gasteiger partial charge is 0.492 e. The van der Waals surface area contributed by atoms with Crippen molar-refractivity contribution in [2.24, 2.45) is 0 Å². The molecule has 0 saturated carbocycles. The van der Waals surface area contributed by atoms with Crippen LogP contribution in [-0.4, -0.2) is 15.1 Å². The second-order valence-corrected chi connectivity index (χ2v) is 3.40. The zero-order chi connectivity index (χ0) is 10.1. The van der Waals surface area contributed by atoms with E-state index < -0.39 is 0 Å². The molecule has 0 spiro atoms. The summed E-state index contributed by atoms with van der Waals surface area (Å²) in [5.74, 6) is 0.783. The summed E-state index contributed by atoms with van der Waals surface area (Å²) in [5, 5.41) is 9.33. The van der Waals surface area contributed by atoms with Crippen molar-refractivity contribution in [1.29, 1.82) is 0 Å². The Labute approximate surface area is 82.4 Å². The van der Waals surface area contributed by atoms with Crippen LogP contribution in [0.5, 0.6) is 5.88 Å². The molecule has 0 saturated heterocycles. The number of aromatic nitrogens is 2. The summed E-state index contributed by atoms with van der Waals surface area (Å²) in [6.45, 7) is 3.82. The van der Waals surface area contributed by atoms with Gasteiger partial charge in [0, 0.05) is 5.56 Å². The van der Waals surface area contributed by atoms with Gasteiger partial charge in [0.25, 0.3) is 0 Å². The van der Waals surface area contributed by atoms with Crippen molar-refractivity contribution in [2.75, 3.05) is 0 Å². The Morgan fingerprint density at radius 2 is 2.07 bits per heavy atom. The molecule has 2 aromatic rings. The highest BCUT2D eigenvalue weighted by atomic mass is 16.3. The molecular weight excluding hydrogens is 176 g/mol. The maximum Gasteiger partial charge on any atom is 0.232 e. The topological polar surface area (TPSA) is 48.9 Å². The van der Waals surface area contributed by atoms with Gasteiger partial charge in [0.05, 0.1) is 5.69 Å². The monoisotopic (exact) mass is 188 g/mol. The van der Waals surface area contributed by atoms with Gasteiger partial charge in [-0.25, -0.2) is 0 Å². The van der Waals surface area contributed by atoms with E-state index in [9.17, 15) is 5.11 Å². The molecule has 3 heteroatoms.